The van der Waals surface area contributed by atoms with Crippen LogP contribution in [0.2, 0.25) is 0 Å². The summed E-state index contributed by atoms with van der Waals surface area (Å²) in [5, 5.41) is 2.90. The molecule has 0 bridgehead atoms. The van der Waals surface area contributed by atoms with E-state index in [1.165, 1.54) is 12.1 Å². The zero-order valence-electron chi connectivity index (χ0n) is 10.3. The third kappa shape index (κ3) is 4.27. The van der Waals surface area contributed by atoms with Crippen molar-refractivity contribution in [2.45, 2.75) is 12.7 Å². The SMILES string of the molecule is CN(C)CCNCc1cccc(C(F)(F)F)c1F. The highest BCUT2D eigenvalue weighted by atomic mass is 19.4. The maximum absolute atomic E-state index is 13.6. The molecule has 2 nitrogen and oxygen atoms in total. The van der Waals surface area contributed by atoms with Crippen LogP contribution >= 0.6 is 0 Å². The molecule has 0 saturated heterocycles. The van der Waals surface area contributed by atoms with Crippen molar-refractivity contribution in [3.8, 4) is 0 Å². The van der Waals surface area contributed by atoms with Crippen molar-refractivity contribution in [1.82, 2.24) is 10.2 Å². The summed E-state index contributed by atoms with van der Waals surface area (Å²) in [7, 11) is 3.76. The standard InChI is InChI=1S/C12H16F4N2/c1-18(2)7-6-17-8-9-4-3-5-10(11(9)13)12(14,15)16/h3-5,17H,6-8H2,1-2H3. The molecule has 0 amide bonds. The minimum atomic E-state index is -4.65. The summed E-state index contributed by atoms with van der Waals surface area (Å²) in [6.07, 6.45) is -4.65. The van der Waals surface area contributed by atoms with Crippen molar-refractivity contribution in [2.24, 2.45) is 0 Å². The lowest BCUT2D eigenvalue weighted by Crippen LogP contribution is -2.26. The van der Waals surface area contributed by atoms with Crippen molar-refractivity contribution >= 4 is 0 Å². The first kappa shape index (κ1) is 14.9. The van der Waals surface area contributed by atoms with Gasteiger partial charge in [0.1, 0.15) is 5.82 Å². The maximum atomic E-state index is 13.6. The Morgan fingerprint density at radius 1 is 1.22 bits per heavy atom. The van der Waals surface area contributed by atoms with Gasteiger partial charge < -0.3 is 10.2 Å². The molecular weight excluding hydrogens is 248 g/mol. The third-order valence-electron chi connectivity index (χ3n) is 2.44. The van der Waals surface area contributed by atoms with Crippen LogP contribution in [-0.2, 0) is 12.7 Å². The lowest BCUT2D eigenvalue weighted by atomic mass is 10.1. The number of nitrogens with one attached hydrogen (secondary N) is 1. The fraction of sp³-hybridized carbons (Fsp3) is 0.500. The van der Waals surface area contributed by atoms with Gasteiger partial charge >= 0.3 is 6.18 Å². The monoisotopic (exact) mass is 264 g/mol. The van der Waals surface area contributed by atoms with E-state index in [1.807, 2.05) is 19.0 Å². The average molecular weight is 264 g/mol. The normalized spacial score (nSPS) is 12.2. The van der Waals surface area contributed by atoms with Gasteiger partial charge in [-0.2, -0.15) is 13.2 Å². The first-order valence-electron chi connectivity index (χ1n) is 5.52. The Morgan fingerprint density at radius 2 is 1.89 bits per heavy atom. The molecule has 1 aromatic carbocycles. The number of halogens is 4. The zero-order chi connectivity index (χ0) is 13.8. The van der Waals surface area contributed by atoms with E-state index >= 15 is 0 Å². The molecule has 0 unspecified atom stereocenters. The smallest absolute Gasteiger partial charge is 0.311 e. The van der Waals surface area contributed by atoms with Crippen LogP contribution in [0.5, 0.6) is 0 Å². The lowest BCUT2D eigenvalue weighted by Gasteiger charge is -2.13. The van der Waals surface area contributed by atoms with Gasteiger partial charge in [-0.1, -0.05) is 12.1 Å². The van der Waals surface area contributed by atoms with Gasteiger partial charge in [0, 0.05) is 25.2 Å². The highest BCUT2D eigenvalue weighted by Gasteiger charge is 2.34. The Labute approximate surface area is 104 Å². The van der Waals surface area contributed by atoms with Crippen LogP contribution < -0.4 is 5.32 Å². The van der Waals surface area contributed by atoms with Gasteiger partial charge in [-0.15, -0.1) is 0 Å². The summed E-state index contributed by atoms with van der Waals surface area (Å²) >= 11 is 0. The number of benzene rings is 1. The van der Waals surface area contributed by atoms with Crippen LogP contribution in [0.15, 0.2) is 18.2 Å². The summed E-state index contributed by atoms with van der Waals surface area (Å²) in [5.74, 6) is -1.19. The molecule has 0 aliphatic heterocycles. The molecule has 0 spiro atoms. The van der Waals surface area contributed by atoms with Crippen LogP contribution in [-0.4, -0.2) is 32.1 Å². The van der Waals surface area contributed by atoms with Gasteiger partial charge in [-0.05, 0) is 20.2 Å². The van der Waals surface area contributed by atoms with Crippen LogP contribution in [0.3, 0.4) is 0 Å². The second kappa shape index (κ2) is 6.15. The second-order valence-electron chi connectivity index (χ2n) is 4.26. The first-order chi connectivity index (χ1) is 8.32. The molecule has 0 aromatic heterocycles. The van der Waals surface area contributed by atoms with Crippen LogP contribution in [0.4, 0.5) is 17.6 Å². The molecule has 18 heavy (non-hydrogen) atoms. The Bertz CT molecular complexity index is 388. The summed E-state index contributed by atoms with van der Waals surface area (Å²) in [6.45, 7) is 1.41. The van der Waals surface area contributed by atoms with E-state index in [0.29, 0.717) is 6.54 Å². The van der Waals surface area contributed by atoms with Gasteiger partial charge in [-0.25, -0.2) is 4.39 Å². The predicted molar refractivity (Wildman–Crippen MR) is 61.7 cm³/mol. The molecule has 102 valence electrons. The molecule has 6 heteroatoms. The fourth-order valence-electron chi connectivity index (χ4n) is 1.46. The first-order valence-corrected chi connectivity index (χ1v) is 5.52. The number of likely N-dealkylation sites (N-methyl/N-ethyl adjacent to an activating group) is 1. The molecule has 1 aromatic rings. The van der Waals surface area contributed by atoms with Crippen LogP contribution in [0.1, 0.15) is 11.1 Å². The maximum Gasteiger partial charge on any atom is 0.419 e. The van der Waals surface area contributed by atoms with E-state index in [9.17, 15) is 17.6 Å². The molecule has 0 atom stereocenters. The zero-order valence-corrected chi connectivity index (χ0v) is 10.3. The van der Waals surface area contributed by atoms with Crippen LogP contribution in [0.25, 0.3) is 0 Å². The third-order valence-corrected chi connectivity index (χ3v) is 2.44. The Morgan fingerprint density at radius 3 is 2.44 bits per heavy atom. The van der Waals surface area contributed by atoms with Crippen molar-refractivity contribution in [2.75, 3.05) is 27.2 Å². The summed E-state index contributed by atoms with van der Waals surface area (Å²) in [5.41, 5.74) is -1.18. The Balaban J connectivity index is 2.67. The average Bonchev–Trinajstić information content (AvgIpc) is 2.24. The van der Waals surface area contributed by atoms with Gasteiger partial charge in [0.25, 0.3) is 0 Å². The Kier molecular flexibility index (Phi) is 5.10. The van der Waals surface area contributed by atoms with E-state index in [-0.39, 0.29) is 12.1 Å². The van der Waals surface area contributed by atoms with E-state index < -0.39 is 17.6 Å². The predicted octanol–water partition coefficient (Wildman–Crippen LogP) is 2.50. The van der Waals surface area contributed by atoms with Crippen molar-refractivity contribution in [1.29, 1.82) is 0 Å². The molecule has 0 fully saturated rings. The highest BCUT2D eigenvalue weighted by Crippen LogP contribution is 2.32. The largest absolute Gasteiger partial charge is 0.419 e. The van der Waals surface area contributed by atoms with Gasteiger partial charge in [0.2, 0.25) is 0 Å². The number of rotatable bonds is 5. The highest BCUT2D eigenvalue weighted by molar-refractivity contribution is 5.28. The fourth-order valence-corrected chi connectivity index (χ4v) is 1.46. The van der Waals surface area contributed by atoms with E-state index in [2.05, 4.69) is 5.32 Å². The van der Waals surface area contributed by atoms with Crippen LogP contribution in [0, 0.1) is 5.82 Å². The molecule has 0 radical (unpaired) electrons. The molecule has 0 heterocycles. The number of nitrogens with zero attached hydrogens (tertiary/aromatic N) is 1. The number of hydrogen-bond acceptors (Lipinski definition) is 2. The van der Waals surface area contributed by atoms with Gasteiger partial charge in [-0.3, -0.25) is 0 Å². The minimum Gasteiger partial charge on any atom is -0.311 e. The molecule has 1 N–H and O–H groups in total. The molecule has 1 rings (SSSR count). The van der Waals surface area contributed by atoms with E-state index in [1.54, 1.807) is 0 Å². The summed E-state index contributed by atoms with van der Waals surface area (Å²) < 4.78 is 51.0. The van der Waals surface area contributed by atoms with E-state index in [0.717, 1.165) is 12.6 Å². The summed E-state index contributed by atoms with van der Waals surface area (Å²) in [6, 6.07) is 3.32. The number of hydrogen-bond donors (Lipinski definition) is 1. The summed E-state index contributed by atoms with van der Waals surface area (Å²) in [4.78, 5) is 1.93. The minimum absolute atomic E-state index is 0.0311. The molecular formula is C12H16F4N2. The molecule has 0 aliphatic carbocycles. The van der Waals surface area contributed by atoms with Gasteiger partial charge in [0.15, 0.2) is 0 Å². The van der Waals surface area contributed by atoms with E-state index in [4.69, 9.17) is 0 Å². The van der Waals surface area contributed by atoms with Crippen molar-refractivity contribution in [3.63, 3.8) is 0 Å². The quantitative estimate of drug-likeness (QED) is 0.649. The topological polar surface area (TPSA) is 15.3 Å². The van der Waals surface area contributed by atoms with Crippen molar-refractivity contribution < 1.29 is 17.6 Å². The molecule has 0 aliphatic rings. The second-order valence-corrected chi connectivity index (χ2v) is 4.26. The number of alkyl halides is 3. The Hall–Kier alpha value is -1.14. The molecule has 0 saturated carbocycles. The lowest BCUT2D eigenvalue weighted by molar-refractivity contribution is -0.140. The van der Waals surface area contributed by atoms with Crippen molar-refractivity contribution in [3.05, 3.63) is 35.1 Å². The van der Waals surface area contributed by atoms with Gasteiger partial charge in [0.05, 0.1) is 5.56 Å².